The van der Waals surface area contributed by atoms with Gasteiger partial charge in [0.2, 0.25) is 11.8 Å². The van der Waals surface area contributed by atoms with E-state index in [0.717, 1.165) is 0 Å². The molecule has 0 amide bonds. The van der Waals surface area contributed by atoms with E-state index in [0.29, 0.717) is 5.56 Å². The van der Waals surface area contributed by atoms with Crippen LogP contribution in [0.2, 0.25) is 5.02 Å². The van der Waals surface area contributed by atoms with E-state index in [1.165, 1.54) is 12.3 Å². The molecule has 0 spiro atoms. The summed E-state index contributed by atoms with van der Waals surface area (Å²) < 4.78 is 19.1. The normalized spacial score (nSPS) is 10.2. The summed E-state index contributed by atoms with van der Waals surface area (Å²) in [7, 11) is 0. The molecule has 0 saturated carbocycles. The Kier molecular flexibility index (Phi) is 3.59. The van der Waals surface area contributed by atoms with Gasteiger partial charge in [-0.25, -0.2) is 15.2 Å². The number of anilines is 1. The summed E-state index contributed by atoms with van der Waals surface area (Å²) in [6, 6.07) is 4.79. The van der Waals surface area contributed by atoms with Crippen LogP contribution < -0.4 is 16.0 Å². The second kappa shape index (κ2) is 5.16. The van der Waals surface area contributed by atoms with E-state index in [1.54, 1.807) is 19.1 Å². The Labute approximate surface area is 108 Å². The van der Waals surface area contributed by atoms with Gasteiger partial charge in [-0.2, -0.15) is 4.98 Å². The number of halogens is 2. The Morgan fingerprint density at radius 1 is 1.44 bits per heavy atom. The molecule has 2 rings (SSSR count). The number of hydrogen-bond donors (Lipinski definition) is 2. The average molecular weight is 269 g/mol. The molecule has 1 heterocycles. The van der Waals surface area contributed by atoms with Crippen LogP contribution in [0.15, 0.2) is 24.4 Å². The molecule has 0 aliphatic rings. The minimum absolute atomic E-state index is 0.0316. The molecule has 2 aromatic rings. The van der Waals surface area contributed by atoms with Crippen molar-refractivity contribution in [2.75, 3.05) is 5.43 Å². The van der Waals surface area contributed by atoms with Crippen LogP contribution in [0.5, 0.6) is 11.6 Å². The third-order valence-corrected chi connectivity index (χ3v) is 2.46. The van der Waals surface area contributed by atoms with Crippen molar-refractivity contribution >= 4 is 17.5 Å². The highest BCUT2D eigenvalue weighted by atomic mass is 35.5. The highest BCUT2D eigenvalue weighted by molar-refractivity contribution is 6.31. The van der Waals surface area contributed by atoms with E-state index < -0.39 is 5.82 Å². The van der Waals surface area contributed by atoms with Crippen LogP contribution in [0, 0.1) is 12.7 Å². The Morgan fingerprint density at radius 2 is 2.22 bits per heavy atom. The molecule has 0 aliphatic heterocycles. The molecule has 0 bridgehead atoms. The molecule has 5 nitrogen and oxygen atoms in total. The van der Waals surface area contributed by atoms with Crippen molar-refractivity contribution in [3.8, 4) is 11.6 Å². The number of nitrogen functional groups attached to an aromatic ring is 1. The lowest BCUT2D eigenvalue weighted by Gasteiger charge is -2.09. The average Bonchev–Trinajstić information content (AvgIpc) is 2.37. The molecular formula is C11H10ClFN4O. The van der Waals surface area contributed by atoms with Crippen molar-refractivity contribution in [2.24, 2.45) is 5.84 Å². The lowest BCUT2D eigenvalue weighted by atomic mass is 10.2. The van der Waals surface area contributed by atoms with Gasteiger partial charge in [0.15, 0.2) is 11.6 Å². The quantitative estimate of drug-likeness (QED) is 0.661. The monoisotopic (exact) mass is 268 g/mol. The summed E-state index contributed by atoms with van der Waals surface area (Å²) in [5, 5.41) is 0.162. The Balaban J connectivity index is 2.36. The topological polar surface area (TPSA) is 73.1 Å². The van der Waals surface area contributed by atoms with Crippen molar-refractivity contribution in [1.82, 2.24) is 9.97 Å². The zero-order valence-electron chi connectivity index (χ0n) is 9.45. The van der Waals surface area contributed by atoms with E-state index in [1.807, 2.05) is 0 Å². The minimum Gasteiger partial charge on any atom is -0.434 e. The van der Waals surface area contributed by atoms with Gasteiger partial charge in [-0.3, -0.25) is 5.43 Å². The van der Waals surface area contributed by atoms with Gasteiger partial charge in [-0.15, -0.1) is 0 Å². The number of rotatable bonds is 3. The first-order valence-electron chi connectivity index (χ1n) is 5.04. The summed E-state index contributed by atoms with van der Waals surface area (Å²) in [6.07, 6.45) is 1.31. The summed E-state index contributed by atoms with van der Waals surface area (Å²) in [4.78, 5) is 7.67. The van der Waals surface area contributed by atoms with Crippen LogP contribution in [0.4, 0.5) is 10.3 Å². The molecule has 7 heteroatoms. The first-order chi connectivity index (χ1) is 8.61. The molecular weight excluding hydrogens is 259 g/mol. The Morgan fingerprint density at radius 3 is 2.94 bits per heavy atom. The summed E-state index contributed by atoms with van der Waals surface area (Å²) >= 11 is 5.85. The zero-order valence-corrected chi connectivity index (χ0v) is 10.2. The fraction of sp³-hybridized carbons (Fsp3) is 0.0909. The maximum absolute atomic E-state index is 13.7. The number of hydrazine groups is 1. The van der Waals surface area contributed by atoms with E-state index >= 15 is 0 Å². The summed E-state index contributed by atoms with van der Waals surface area (Å²) in [5.74, 6) is 4.90. The van der Waals surface area contributed by atoms with Gasteiger partial charge in [0.05, 0.1) is 6.20 Å². The molecule has 0 radical (unpaired) electrons. The molecule has 0 unspecified atom stereocenters. The number of benzene rings is 1. The smallest absolute Gasteiger partial charge is 0.243 e. The van der Waals surface area contributed by atoms with Crippen molar-refractivity contribution in [3.63, 3.8) is 0 Å². The highest BCUT2D eigenvalue weighted by Crippen LogP contribution is 2.29. The maximum Gasteiger partial charge on any atom is 0.243 e. The van der Waals surface area contributed by atoms with Gasteiger partial charge in [0.1, 0.15) is 5.02 Å². The molecule has 3 N–H and O–H groups in total. The van der Waals surface area contributed by atoms with Crippen LogP contribution in [0.1, 0.15) is 5.56 Å². The van der Waals surface area contributed by atoms with Crippen molar-refractivity contribution in [1.29, 1.82) is 0 Å². The number of nitrogens with two attached hydrogens (primary N) is 1. The molecule has 18 heavy (non-hydrogen) atoms. The van der Waals surface area contributed by atoms with Crippen molar-refractivity contribution in [2.45, 2.75) is 6.92 Å². The fourth-order valence-electron chi connectivity index (χ4n) is 1.30. The van der Waals surface area contributed by atoms with E-state index in [-0.39, 0.29) is 22.6 Å². The molecule has 0 saturated heterocycles. The van der Waals surface area contributed by atoms with Crippen LogP contribution in [-0.2, 0) is 0 Å². The van der Waals surface area contributed by atoms with Crippen LogP contribution in [0.3, 0.4) is 0 Å². The summed E-state index contributed by atoms with van der Waals surface area (Å²) in [6.45, 7) is 1.64. The highest BCUT2D eigenvalue weighted by Gasteiger charge is 2.11. The van der Waals surface area contributed by atoms with Crippen LogP contribution >= 0.6 is 11.6 Å². The van der Waals surface area contributed by atoms with Gasteiger partial charge < -0.3 is 4.74 Å². The van der Waals surface area contributed by atoms with Gasteiger partial charge >= 0.3 is 0 Å². The Bertz CT molecular complexity index is 579. The maximum atomic E-state index is 13.7. The minimum atomic E-state index is -0.463. The predicted octanol–water partition coefficient (Wildman–Crippen LogP) is 2.66. The molecule has 94 valence electrons. The fourth-order valence-corrected chi connectivity index (χ4v) is 1.43. The number of ether oxygens (including phenoxy) is 1. The first kappa shape index (κ1) is 12.5. The summed E-state index contributed by atoms with van der Waals surface area (Å²) in [5.41, 5.74) is 2.72. The lowest BCUT2D eigenvalue weighted by Crippen LogP contribution is -2.10. The molecule has 0 fully saturated rings. The number of aromatic nitrogens is 2. The molecule has 1 aromatic heterocycles. The standard InChI is InChI=1S/C11H10ClFN4O/c1-6-3-2-4-8(9(6)13)18-10-7(12)5-15-11(16-10)17-14/h2-5H,14H2,1H3,(H,15,16,17). The van der Waals surface area contributed by atoms with E-state index in [4.69, 9.17) is 22.2 Å². The largest absolute Gasteiger partial charge is 0.434 e. The molecule has 0 aliphatic carbocycles. The van der Waals surface area contributed by atoms with Crippen LogP contribution in [-0.4, -0.2) is 9.97 Å². The van der Waals surface area contributed by atoms with Crippen molar-refractivity contribution < 1.29 is 9.13 Å². The van der Waals surface area contributed by atoms with Crippen LogP contribution in [0.25, 0.3) is 0 Å². The van der Waals surface area contributed by atoms with E-state index in [2.05, 4.69) is 15.4 Å². The van der Waals surface area contributed by atoms with Gasteiger partial charge in [-0.1, -0.05) is 23.7 Å². The van der Waals surface area contributed by atoms with Gasteiger partial charge in [0, 0.05) is 0 Å². The SMILES string of the molecule is Cc1cccc(Oc2nc(NN)ncc2Cl)c1F. The Hall–Kier alpha value is -1.92. The lowest BCUT2D eigenvalue weighted by molar-refractivity contribution is 0.425. The zero-order chi connectivity index (χ0) is 13.1. The number of hydrogen-bond acceptors (Lipinski definition) is 5. The molecule has 0 atom stereocenters. The first-order valence-corrected chi connectivity index (χ1v) is 5.41. The third kappa shape index (κ3) is 2.49. The van der Waals surface area contributed by atoms with Gasteiger partial charge in [0.25, 0.3) is 0 Å². The second-order valence-electron chi connectivity index (χ2n) is 3.48. The number of nitrogens with zero attached hydrogens (tertiary/aromatic N) is 2. The number of nitrogens with one attached hydrogen (secondary N) is 1. The third-order valence-electron chi connectivity index (χ3n) is 2.20. The predicted molar refractivity (Wildman–Crippen MR) is 66.1 cm³/mol. The van der Waals surface area contributed by atoms with E-state index in [9.17, 15) is 4.39 Å². The molecule has 1 aromatic carbocycles. The second-order valence-corrected chi connectivity index (χ2v) is 3.89. The number of aryl methyl sites for hydroxylation is 1. The van der Waals surface area contributed by atoms with Gasteiger partial charge in [-0.05, 0) is 18.6 Å². The van der Waals surface area contributed by atoms with Crippen molar-refractivity contribution in [3.05, 3.63) is 40.8 Å².